The summed E-state index contributed by atoms with van der Waals surface area (Å²) in [6, 6.07) is 0. The molecule has 0 amide bonds. The summed E-state index contributed by atoms with van der Waals surface area (Å²) in [5.74, 6) is -3.15. The van der Waals surface area contributed by atoms with Gasteiger partial charge in [0.1, 0.15) is 18.8 Å². The molecule has 12 nitrogen and oxygen atoms in total. The zero-order valence-electron chi connectivity index (χ0n) is 44.7. The molecule has 1 saturated heterocycles. The van der Waals surface area contributed by atoms with E-state index >= 15 is 0 Å². The highest BCUT2D eigenvalue weighted by Crippen LogP contribution is 2.26. The summed E-state index contributed by atoms with van der Waals surface area (Å²) in [4.78, 5) is 51.0. The van der Waals surface area contributed by atoms with Crippen LogP contribution in [0.3, 0.4) is 0 Å². The first kappa shape index (κ1) is 65.4. The van der Waals surface area contributed by atoms with Crippen LogP contribution >= 0.6 is 0 Å². The molecule has 0 radical (unpaired) electrons. The van der Waals surface area contributed by atoms with Crippen LogP contribution in [0, 0.1) is 0 Å². The Kier molecular flexibility index (Phi) is 43.7. The second kappa shape index (κ2) is 47.4. The van der Waals surface area contributed by atoms with Crippen LogP contribution in [0.1, 0.15) is 239 Å². The monoisotopic (exact) mass is 1000 g/mol. The molecule has 71 heavy (non-hydrogen) atoms. The highest BCUT2D eigenvalue weighted by molar-refractivity contribution is 5.74. The van der Waals surface area contributed by atoms with Gasteiger partial charge in [-0.05, 0) is 96.3 Å². The second-order valence-corrected chi connectivity index (χ2v) is 19.2. The topological polar surface area (TPSA) is 175 Å². The highest BCUT2D eigenvalue weighted by Gasteiger charge is 2.50. The van der Waals surface area contributed by atoms with E-state index in [0.717, 1.165) is 141 Å². The van der Waals surface area contributed by atoms with Gasteiger partial charge in [-0.3, -0.25) is 14.4 Å². The molecule has 0 aromatic rings. The largest absolute Gasteiger partial charge is 0.479 e. The van der Waals surface area contributed by atoms with E-state index in [0.29, 0.717) is 19.3 Å². The lowest BCUT2D eigenvalue weighted by Gasteiger charge is -2.40. The minimum atomic E-state index is -1.91. The fourth-order valence-corrected chi connectivity index (χ4v) is 8.18. The van der Waals surface area contributed by atoms with Crippen molar-refractivity contribution in [3.63, 3.8) is 0 Å². The molecule has 1 aliphatic rings. The Morgan fingerprint density at radius 1 is 0.479 bits per heavy atom. The molecule has 1 fully saturated rings. The molecule has 0 aromatic heterocycles. The Bertz CT molecular complexity index is 1470. The fraction of sp³-hybridized carbons (Fsp3) is 0.763. The maximum atomic E-state index is 13.1. The minimum absolute atomic E-state index is 0.0470. The number of carbonyl (C=O) groups excluding carboxylic acids is 3. The predicted molar refractivity (Wildman–Crippen MR) is 285 cm³/mol. The normalized spacial score (nSPS) is 18.9. The van der Waals surface area contributed by atoms with Crippen LogP contribution < -0.4 is 0 Å². The molecule has 1 rings (SSSR count). The van der Waals surface area contributed by atoms with E-state index in [1.165, 1.54) is 38.5 Å². The van der Waals surface area contributed by atoms with E-state index in [1.54, 1.807) is 0 Å². The molecule has 0 aliphatic carbocycles. The molecule has 0 aromatic carbocycles. The van der Waals surface area contributed by atoms with Gasteiger partial charge in [-0.25, -0.2) is 4.79 Å². The first-order valence-electron chi connectivity index (χ1n) is 28.3. The molecule has 0 spiro atoms. The standard InChI is InChI=1S/C59H100O12/c1-4-7-10-13-16-19-22-24-25-26-27-29-32-35-38-41-44-47-53(62)70-57-55(64)54(63)56(58(65)66)71-59(57)68-49-50(69-52(61)46-43-40-37-34-30-21-18-15-12-9-6-3)48-67-51(60)45-42-39-36-33-31-28-23-20-17-14-11-8-5-2/h7,10,15-16,18-20,23-25,50,54-57,59,63-64H,4-6,8-9,11-14,17,21-22,26-49H2,1-3H3,(H,65,66)/b10-7-,18-15-,19-16-,23-20-,25-24-. The summed E-state index contributed by atoms with van der Waals surface area (Å²) in [6.45, 7) is 5.80. The van der Waals surface area contributed by atoms with Crippen molar-refractivity contribution in [3.05, 3.63) is 60.8 Å². The van der Waals surface area contributed by atoms with E-state index < -0.39 is 67.3 Å². The Morgan fingerprint density at radius 3 is 1.41 bits per heavy atom. The van der Waals surface area contributed by atoms with Gasteiger partial charge >= 0.3 is 23.9 Å². The molecule has 1 aliphatic heterocycles. The number of carbonyl (C=O) groups is 4. The van der Waals surface area contributed by atoms with Gasteiger partial charge in [-0.15, -0.1) is 0 Å². The van der Waals surface area contributed by atoms with E-state index in [1.807, 2.05) is 0 Å². The smallest absolute Gasteiger partial charge is 0.335 e. The molecule has 3 N–H and O–H groups in total. The van der Waals surface area contributed by atoms with Gasteiger partial charge in [0, 0.05) is 19.3 Å². The average molecular weight is 1000 g/mol. The van der Waals surface area contributed by atoms with Crippen molar-refractivity contribution in [2.24, 2.45) is 0 Å². The lowest BCUT2D eigenvalue weighted by Crippen LogP contribution is -2.61. The molecule has 6 atom stereocenters. The van der Waals surface area contributed by atoms with Crippen LogP contribution in [0.5, 0.6) is 0 Å². The van der Waals surface area contributed by atoms with Crippen molar-refractivity contribution in [2.45, 2.75) is 276 Å². The molecule has 12 heteroatoms. The Labute approximate surface area is 430 Å². The van der Waals surface area contributed by atoms with Crippen molar-refractivity contribution < 1.29 is 58.2 Å². The maximum absolute atomic E-state index is 13.1. The second-order valence-electron chi connectivity index (χ2n) is 19.2. The Hall–Kier alpha value is -3.58. The number of ether oxygens (including phenoxy) is 5. The third kappa shape index (κ3) is 37.8. The van der Waals surface area contributed by atoms with Gasteiger partial charge in [0.15, 0.2) is 24.6 Å². The zero-order chi connectivity index (χ0) is 51.8. The van der Waals surface area contributed by atoms with Crippen molar-refractivity contribution in [2.75, 3.05) is 13.2 Å². The SMILES string of the molecule is CC/C=C\C/C=C\C/C=C\CCCCCCCCCC(=O)OC1C(OCC(COC(=O)CCCCCCC/C=C\CCCCCC)OC(=O)CCCCCCC/C=C\CCCC)OC(C(=O)O)C(O)C1O. The zero-order valence-corrected chi connectivity index (χ0v) is 44.7. The molecule has 0 bridgehead atoms. The van der Waals surface area contributed by atoms with Gasteiger partial charge in [0.2, 0.25) is 0 Å². The summed E-state index contributed by atoms with van der Waals surface area (Å²) in [5.41, 5.74) is 0. The fourth-order valence-electron chi connectivity index (χ4n) is 8.18. The highest BCUT2D eigenvalue weighted by atomic mass is 16.7. The third-order valence-corrected chi connectivity index (χ3v) is 12.5. The summed E-state index contributed by atoms with van der Waals surface area (Å²) in [5, 5.41) is 31.4. The van der Waals surface area contributed by atoms with Crippen molar-refractivity contribution in [1.82, 2.24) is 0 Å². The Balaban J connectivity index is 2.70. The van der Waals surface area contributed by atoms with Crippen LogP contribution in [0.2, 0.25) is 0 Å². The van der Waals surface area contributed by atoms with E-state index in [4.69, 9.17) is 23.7 Å². The number of hydrogen-bond acceptors (Lipinski definition) is 11. The van der Waals surface area contributed by atoms with Crippen molar-refractivity contribution in [3.8, 4) is 0 Å². The molecule has 6 unspecified atom stereocenters. The number of hydrogen-bond donors (Lipinski definition) is 3. The lowest BCUT2D eigenvalue weighted by molar-refractivity contribution is -0.301. The predicted octanol–water partition coefficient (Wildman–Crippen LogP) is 14.0. The third-order valence-electron chi connectivity index (χ3n) is 12.5. The number of aliphatic hydroxyl groups is 2. The van der Waals surface area contributed by atoms with Gasteiger partial charge in [0.25, 0.3) is 0 Å². The number of aliphatic hydroxyl groups excluding tert-OH is 2. The van der Waals surface area contributed by atoms with E-state index in [-0.39, 0.29) is 25.9 Å². The van der Waals surface area contributed by atoms with Gasteiger partial charge in [-0.2, -0.15) is 0 Å². The summed E-state index contributed by atoms with van der Waals surface area (Å²) in [6.07, 6.45) is 44.8. The van der Waals surface area contributed by atoms with Crippen molar-refractivity contribution >= 4 is 23.9 Å². The number of allylic oxidation sites excluding steroid dienone is 10. The minimum Gasteiger partial charge on any atom is -0.479 e. The Morgan fingerprint density at radius 2 is 0.901 bits per heavy atom. The lowest BCUT2D eigenvalue weighted by atomic mass is 9.98. The first-order valence-corrected chi connectivity index (χ1v) is 28.3. The van der Waals surface area contributed by atoms with Gasteiger partial charge < -0.3 is 39.0 Å². The maximum Gasteiger partial charge on any atom is 0.335 e. The van der Waals surface area contributed by atoms with Crippen LogP contribution in [0.15, 0.2) is 60.8 Å². The van der Waals surface area contributed by atoms with Crippen LogP contribution in [0.25, 0.3) is 0 Å². The van der Waals surface area contributed by atoms with Gasteiger partial charge in [-0.1, -0.05) is 184 Å². The number of aliphatic carboxylic acids is 1. The number of unbranched alkanes of at least 4 members (excludes halogenated alkanes) is 23. The summed E-state index contributed by atoms with van der Waals surface area (Å²) < 4.78 is 28.3. The summed E-state index contributed by atoms with van der Waals surface area (Å²) in [7, 11) is 0. The van der Waals surface area contributed by atoms with E-state index in [2.05, 4.69) is 81.5 Å². The van der Waals surface area contributed by atoms with Crippen LogP contribution in [0.4, 0.5) is 0 Å². The van der Waals surface area contributed by atoms with Crippen LogP contribution in [-0.4, -0.2) is 89.2 Å². The summed E-state index contributed by atoms with van der Waals surface area (Å²) >= 11 is 0. The average Bonchev–Trinajstić information content (AvgIpc) is 3.35. The number of rotatable bonds is 47. The first-order chi connectivity index (χ1) is 34.6. The number of carboxylic acid groups (broad SMARTS) is 1. The molecule has 408 valence electrons. The molecular weight excluding hydrogens is 901 g/mol. The quantitative estimate of drug-likeness (QED) is 0.0228. The molecule has 1 heterocycles. The number of carboxylic acids is 1. The number of esters is 3. The van der Waals surface area contributed by atoms with Crippen LogP contribution in [-0.2, 0) is 42.9 Å². The van der Waals surface area contributed by atoms with E-state index in [9.17, 15) is 34.5 Å². The molecular formula is C59H100O12. The van der Waals surface area contributed by atoms with Gasteiger partial charge in [0.05, 0.1) is 6.61 Å². The molecule has 0 saturated carbocycles. The van der Waals surface area contributed by atoms with Crippen molar-refractivity contribution in [1.29, 1.82) is 0 Å².